The SMILES string of the molecule is CC(Nc1nc2c(c(=O)n1N1CCOCC1)CN(C(=O)c1ccc(C#N)cc1F)CC2)c1ccc(C(F)(F)F)cc1. The molecule has 0 aliphatic carbocycles. The zero-order valence-corrected chi connectivity index (χ0v) is 22.0. The molecular weight excluding hydrogens is 544 g/mol. The van der Waals surface area contributed by atoms with Gasteiger partial charge in [-0.05, 0) is 42.8 Å². The first-order chi connectivity index (χ1) is 19.6. The van der Waals surface area contributed by atoms with Crippen molar-refractivity contribution < 1.29 is 27.1 Å². The number of rotatable bonds is 5. The second-order valence-corrected chi connectivity index (χ2v) is 9.81. The zero-order valence-electron chi connectivity index (χ0n) is 22.0. The maximum atomic E-state index is 14.6. The summed E-state index contributed by atoms with van der Waals surface area (Å²) in [6.45, 7) is 3.39. The molecule has 3 heterocycles. The third-order valence-corrected chi connectivity index (χ3v) is 7.18. The Hall–Kier alpha value is -4.44. The van der Waals surface area contributed by atoms with Gasteiger partial charge < -0.3 is 20.0 Å². The lowest BCUT2D eigenvalue weighted by Crippen LogP contribution is -2.52. The van der Waals surface area contributed by atoms with Gasteiger partial charge in [0.25, 0.3) is 11.5 Å². The number of alkyl halides is 3. The highest BCUT2D eigenvalue weighted by Crippen LogP contribution is 2.30. The van der Waals surface area contributed by atoms with Gasteiger partial charge in [-0.15, -0.1) is 0 Å². The van der Waals surface area contributed by atoms with E-state index in [9.17, 15) is 27.2 Å². The highest BCUT2D eigenvalue weighted by atomic mass is 19.4. The molecule has 13 heteroatoms. The summed E-state index contributed by atoms with van der Waals surface area (Å²) in [5.74, 6) is -1.20. The van der Waals surface area contributed by atoms with Gasteiger partial charge in [-0.2, -0.15) is 23.1 Å². The number of ether oxygens (including phenoxy) is 1. The van der Waals surface area contributed by atoms with Crippen LogP contribution in [-0.4, -0.2) is 53.3 Å². The van der Waals surface area contributed by atoms with Crippen LogP contribution in [0.4, 0.5) is 23.5 Å². The molecule has 0 saturated carbocycles. The number of nitrogens with zero attached hydrogens (tertiary/aromatic N) is 5. The molecule has 0 radical (unpaired) electrons. The standard InChI is InChI=1S/C28H26F4N6O3/c1-17(19-3-5-20(6-4-19)28(30,31)32)34-27-35-24-8-9-36(25(39)21-7-2-18(15-33)14-23(21)29)16-22(24)26(40)38(27)37-10-12-41-13-11-37/h2-7,14,17H,8-13,16H2,1H3,(H,34,35). The Morgan fingerprint density at radius 1 is 1.12 bits per heavy atom. The highest BCUT2D eigenvalue weighted by Gasteiger charge is 2.32. The second kappa shape index (κ2) is 11.2. The summed E-state index contributed by atoms with van der Waals surface area (Å²) in [6.07, 6.45) is -4.21. The average Bonchev–Trinajstić information content (AvgIpc) is 2.97. The van der Waals surface area contributed by atoms with Gasteiger partial charge >= 0.3 is 6.18 Å². The van der Waals surface area contributed by atoms with Crippen molar-refractivity contribution in [2.45, 2.75) is 32.1 Å². The number of hydrogen-bond acceptors (Lipinski definition) is 7. The molecule has 0 spiro atoms. The number of benzene rings is 2. The number of hydrogen-bond donors (Lipinski definition) is 1. The predicted molar refractivity (Wildman–Crippen MR) is 140 cm³/mol. The van der Waals surface area contributed by atoms with E-state index in [4.69, 9.17) is 15.0 Å². The Kier molecular flexibility index (Phi) is 7.68. The molecule has 1 unspecified atom stereocenters. The van der Waals surface area contributed by atoms with Crippen molar-refractivity contribution in [3.8, 4) is 6.07 Å². The van der Waals surface area contributed by atoms with Crippen LogP contribution in [0.3, 0.4) is 0 Å². The van der Waals surface area contributed by atoms with Gasteiger partial charge in [0.15, 0.2) is 0 Å². The molecule has 1 aromatic heterocycles. The lowest BCUT2D eigenvalue weighted by atomic mass is 10.0. The van der Waals surface area contributed by atoms with Gasteiger partial charge in [0.05, 0.1) is 72.9 Å². The Morgan fingerprint density at radius 2 is 1.83 bits per heavy atom. The van der Waals surface area contributed by atoms with Crippen molar-refractivity contribution in [3.05, 3.63) is 92.1 Å². The van der Waals surface area contributed by atoms with Crippen LogP contribution in [0.1, 0.15) is 51.3 Å². The predicted octanol–water partition coefficient (Wildman–Crippen LogP) is 3.61. The Morgan fingerprint density at radius 3 is 2.46 bits per heavy atom. The molecule has 2 aromatic carbocycles. The quantitative estimate of drug-likeness (QED) is 0.468. The maximum absolute atomic E-state index is 14.6. The van der Waals surface area contributed by atoms with E-state index in [1.54, 1.807) is 11.9 Å². The third-order valence-electron chi connectivity index (χ3n) is 7.18. The van der Waals surface area contributed by atoms with E-state index in [0.29, 0.717) is 37.6 Å². The van der Waals surface area contributed by atoms with Gasteiger partial charge in [-0.3, -0.25) is 9.59 Å². The Labute approximate surface area is 232 Å². The van der Waals surface area contributed by atoms with Crippen LogP contribution in [0, 0.1) is 17.1 Å². The fourth-order valence-corrected chi connectivity index (χ4v) is 4.92. The molecule has 1 fully saturated rings. The second-order valence-electron chi connectivity index (χ2n) is 9.81. The molecule has 1 saturated heterocycles. The topological polar surface area (TPSA) is 103 Å². The number of fused-ring (bicyclic) bond motifs is 1. The molecule has 2 aliphatic heterocycles. The molecule has 9 nitrogen and oxygen atoms in total. The van der Waals surface area contributed by atoms with Crippen LogP contribution < -0.4 is 15.9 Å². The molecular formula is C28H26F4N6O3. The van der Waals surface area contributed by atoms with E-state index in [-0.39, 0.29) is 42.1 Å². The summed E-state index contributed by atoms with van der Waals surface area (Å²) < 4.78 is 60.4. The normalized spacial score (nSPS) is 16.1. The first-order valence-electron chi connectivity index (χ1n) is 13.0. The first-order valence-corrected chi connectivity index (χ1v) is 13.0. The number of morpholine rings is 1. The first kappa shape index (κ1) is 28.1. The summed E-state index contributed by atoms with van der Waals surface area (Å²) in [6, 6.07) is 9.71. The lowest BCUT2D eigenvalue weighted by Gasteiger charge is -2.35. The minimum absolute atomic E-state index is 0.0848. The van der Waals surface area contributed by atoms with Crippen molar-refractivity contribution in [1.29, 1.82) is 5.26 Å². The van der Waals surface area contributed by atoms with E-state index in [0.717, 1.165) is 18.2 Å². The van der Waals surface area contributed by atoms with Gasteiger partial charge in [0, 0.05) is 13.0 Å². The molecule has 1 amide bonds. The number of halogens is 4. The molecule has 0 bridgehead atoms. The van der Waals surface area contributed by atoms with E-state index >= 15 is 0 Å². The van der Waals surface area contributed by atoms with Crippen molar-refractivity contribution in [2.24, 2.45) is 0 Å². The smallest absolute Gasteiger partial charge is 0.378 e. The summed E-state index contributed by atoms with van der Waals surface area (Å²) in [5, 5.41) is 13.9. The Balaban J connectivity index is 1.46. The molecule has 41 heavy (non-hydrogen) atoms. The van der Waals surface area contributed by atoms with E-state index in [2.05, 4.69) is 5.32 Å². The zero-order chi connectivity index (χ0) is 29.3. The van der Waals surface area contributed by atoms with Crippen LogP contribution in [0.5, 0.6) is 0 Å². The molecule has 3 aromatic rings. The van der Waals surface area contributed by atoms with E-state index in [1.165, 1.54) is 33.8 Å². The number of amides is 1. The summed E-state index contributed by atoms with van der Waals surface area (Å²) in [7, 11) is 0. The van der Waals surface area contributed by atoms with Crippen LogP contribution in [0.25, 0.3) is 0 Å². The molecule has 1 N–H and O–H groups in total. The minimum atomic E-state index is -4.45. The summed E-state index contributed by atoms with van der Waals surface area (Å²) >= 11 is 0. The fraction of sp³-hybridized carbons (Fsp3) is 0.357. The molecule has 5 rings (SSSR count). The summed E-state index contributed by atoms with van der Waals surface area (Å²) in [5.41, 5.74) is 0.0646. The van der Waals surface area contributed by atoms with Crippen LogP contribution in [0.15, 0.2) is 47.3 Å². The molecule has 214 valence electrons. The number of aromatic nitrogens is 2. The monoisotopic (exact) mass is 570 g/mol. The van der Waals surface area contributed by atoms with Crippen molar-refractivity contribution in [3.63, 3.8) is 0 Å². The van der Waals surface area contributed by atoms with Crippen LogP contribution in [-0.2, 0) is 23.9 Å². The van der Waals surface area contributed by atoms with Gasteiger partial charge in [0.2, 0.25) is 5.95 Å². The van der Waals surface area contributed by atoms with Crippen molar-refractivity contribution in [1.82, 2.24) is 14.6 Å². The maximum Gasteiger partial charge on any atom is 0.416 e. The molecule has 1 atom stereocenters. The molecule has 2 aliphatic rings. The lowest BCUT2D eigenvalue weighted by molar-refractivity contribution is -0.137. The summed E-state index contributed by atoms with van der Waals surface area (Å²) in [4.78, 5) is 33.1. The third kappa shape index (κ3) is 5.74. The Bertz CT molecular complexity index is 1560. The number of nitriles is 1. The van der Waals surface area contributed by atoms with Gasteiger partial charge in [0.1, 0.15) is 5.82 Å². The van der Waals surface area contributed by atoms with Gasteiger partial charge in [-0.25, -0.2) is 9.37 Å². The average molecular weight is 571 g/mol. The van der Waals surface area contributed by atoms with E-state index < -0.39 is 35.1 Å². The van der Waals surface area contributed by atoms with Crippen molar-refractivity contribution in [2.75, 3.05) is 43.2 Å². The number of anilines is 1. The van der Waals surface area contributed by atoms with Crippen LogP contribution in [0.2, 0.25) is 0 Å². The van der Waals surface area contributed by atoms with E-state index in [1.807, 2.05) is 6.07 Å². The van der Waals surface area contributed by atoms with Crippen molar-refractivity contribution >= 4 is 11.9 Å². The number of nitrogens with one attached hydrogen (secondary N) is 1. The largest absolute Gasteiger partial charge is 0.416 e. The highest BCUT2D eigenvalue weighted by molar-refractivity contribution is 5.94. The number of carbonyl (C=O) groups excluding carboxylic acids is 1. The van der Waals surface area contributed by atoms with Gasteiger partial charge in [-0.1, -0.05) is 12.1 Å². The minimum Gasteiger partial charge on any atom is -0.378 e. The van der Waals surface area contributed by atoms with Crippen LogP contribution >= 0.6 is 0 Å². The number of carbonyl (C=O) groups is 1. The fourth-order valence-electron chi connectivity index (χ4n) is 4.92.